The molecule has 0 aromatic carbocycles. The highest BCUT2D eigenvalue weighted by molar-refractivity contribution is 5.85. The van der Waals surface area contributed by atoms with Crippen LogP contribution in [0.25, 0.3) is 0 Å². The van der Waals surface area contributed by atoms with E-state index in [4.69, 9.17) is 17.3 Å². The van der Waals surface area contributed by atoms with Gasteiger partial charge in [0.25, 0.3) is 0 Å². The molecular weight excluding hydrogens is 154 g/mol. The van der Waals surface area contributed by atoms with Crippen molar-refractivity contribution in [3.05, 3.63) is 0 Å². The number of rotatable bonds is 3. The molecule has 0 fully saturated rings. The fourth-order valence-corrected chi connectivity index (χ4v) is 0.362. The number of aliphatic carboxylic acids is 1. The second kappa shape index (κ2) is 6.40. The number of halogens is 1. The first kappa shape index (κ1) is 12.0. The monoisotopic (exact) mass is 163 g/mol. The highest BCUT2D eigenvalue weighted by Gasteiger charge is 2.08. The van der Waals surface area contributed by atoms with Crippen LogP contribution in [0.2, 0.25) is 0 Å². The SMILES string of the molecule is C#CCC[C@H](N)C(=O)O.Cl. The molecule has 1 atom stereocenters. The van der Waals surface area contributed by atoms with Crippen LogP contribution in [-0.2, 0) is 4.79 Å². The fourth-order valence-electron chi connectivity index (χ4n) is 0.362. The molecule has 4 heteroatoms. The molecule has 0 radical (unpaired) electrons. The van der Waals surface area contributed by atoms with Crippen molar-refractivity contribution in [3.8, 4) is 12.3 Å². The third-order valence-corrected chi connectivity index (χ3v) is 0.917. The van der Waals surface area contributed by atoms with E-state index in [-0.39, 0.29) is 12.4 Å². The minimum atomic E-state index is -0.995. The lowest BCUT2D eigenvalue weighted by atomic mass is 10.2. The molecule has 0 aromatic rings. The summed E-state index contributed by atoms with van der Waals surface area (Å²) >= 11 is 0. The lowest BCUT2D eigenvalue weighted by Gasteiger charge is -2.00. The van der Waals surface area contributed by atoms with Gasteiger partial charge in [0.1, 0.15) is 6.04 Å². The summed E-state index contributed by atoms with van der Waals surface area (Å²) in [6.07, 6.45) is 5.66. The van der Waals surface area contributed by atoms with Gasteiger partial charge in [-0.25, -0.2) is 0 Å². The minimum Gasteiger partial charge on any atom is -0.480 e. The summed E-state index contributed by atoms with van der Waals surface area (Å²) < 4.78 is 0. The van der Waals surface area contributed by atoms with Crippen molar-refractivity contribution in [2.75, 3.05) is 0 Å². The van der Waals surface area contributed by atoms with Crippen molar-refractivity contribution in [1.29, 1.82) is 0 Å². The molecule has 0 saturated carbocycles. The van der Waals surface area contributed by atoms with Crippen molar-refractivity contribution in [1.82, 2.24) is 0 Å². The number of carboxylic acids is 1. The molecule has 3 N–H and O–H groups in total. The Morgan fingerprint density at radius 2 is 2.30 bits per heavy atom. The van der Waals surface area contributed by atoms with Gasteiger partial charge in [-0.05, 0) is 6.42 Å². The maximum absolute atomic E-state index is 10.0. The maximum Gasteiger partial charge on any atom is 0.320 e. The van der Waals surface area contributed by atoms with Gasteiger partial charge >= 0.3 is 5.97 Å². The minimum absolute atomic E-state index is 0. The van der Waals surface area contributed by atoms with Crippen LogP contribution in [0.4, 0.5) is 0 Å². The number of hydrogen-bond donors (Lipinski definition) is 2. The standard InChI is InChI=1S/C6H9NO2.ClH/c1-2-3-4-5(7)6(8)9;/h1,5H,3-4,7H2,(H,8,9);1H/t5-;/m0./s1. The van der Waals surface area contributed by atoms with Crippen LogP contribution in [0.15, 0.2) is 0 Å². The van der Waals surface area contributed by atoms with Crippen LogP contribution in [0.1, 0.15) is 12.8 Å². The molecule has 0 aliphatic heterocycles. The van der Waals surface area contributed by atoms with Crippen molar-refractivity contribution in [2.24, 2.45) is 5.73 Å². The third kappa shape index (κ3) is 5.42. The van der Waals surface area contributed by atoms with Gasteiger partial charge in [-0.2, -0.15) is 0 Å². The molecule has 0 amide bonds. The van der Waals surface area contributed by atoms with E-state index >= 15 is 0 Å². The van der Waals surface area contributed by atoms with E-state index in [1.807, 2.05) is 0 Å². The topological polar surface area (TPSA) is 63.3 Å². The molecule has 10 heavy (non-hydrogen) atoms. The molecule has 0 rings (SSSR count). The van der Waals surface area contributed by atoms with E-state index in [2.05, 4.69) is 5.92 Å². The second-order valence-electron chi connectivity index (χ2n) is 1.69. The summed E-state index contributed by atoms with van der Waals surface area (Å²) in [6, 6.07) is -0.805. The number of carboxylic acid groups (broad SMARTS) is 1. The van der Waals surface area contributed by atoms with Crippen LogP contribution >= 0.6 is 12.4 Å². The van der Waals surface area contributed by atoms with Gasteiger partial charge < -0.3 is 10.8 Å². The predicted octanol–water partition coefficient (Wildman–Crippen LogP) is 0.234. The normalized spacial score (nSPS) is 10.8. The average molecular weight is 164 g/mol. The van der Waals surface area contributed by atoms with Gasteiger partial charge in [0.05, 0.1) is 0 Å². The lowest BCUT2D eigenvalue weighted by molar-refractivity contribution is -0.138. The Balaban J connectivity index is 0. The molecule has 0 aliphatic rings. The van der Waals surface area contributed by atoms with Crippen LogP contribution in [0.5, 0.6) is 0 Å². The second-order valence-corrected chi connectivity index (χ2v) is 1.69. The van der Waals surface area contributed by atoms with Gasteiger partial charge in [0, 0.05) is 6.42 Å². The Kier molecular flexibility index (Phi) is 7.68. The molecule has 0 spiro atoms. The first-order valence-electron chi connectivity index (χ1n) is 2.60. The molecule has 0 unspecified atom stereocenters. The maximum atomic E-state index is 10.0. The molecule has 0 aromatic heterocycles. The summed E-state index contributed by atoms with van der Waals surface area (Å²) in [5, 5.41) is 8.22. The summed E-state index contributed by atoms with van der Waals surface area (Å²) in [5.41, 5.74) is 5.11. The van der Waals surface area contributed by atoms with E-state index in [0.29, 0.717) is 12.8 Å². The van der Waals surface area contributed by atoms with E-state index in [9.17, 15) is 4.79 Å². The predicted molar refractivity (Wildman–Crippen MR) is 40.9 cm³/mol. The van der Waals surface area contributed by atoms with Crippen LogP contribution in [0.3, 0.4) is 0 Å². The summed E-state index contributed by atoms with van der Waals surface area (Å²) in [6.45, 7) is 0. The van der Waals surface area contributed by atoms with Crippen molar-refractivity contribution >= 4 is 18.4 Å². The Labute approximate surface area is 66.0 Å². The smallest absolute Gasteiger partial charge is 0.320 e. The summed E-state index contributed by atoms with van der Waals surface area (Å²) in [7, 11) is 0. The average Bonchev–Trinajstić information content (AvgIpc) is 1.82. The van der Waals surface area contributed by atoms with Gasteiger partial charge in [0.15, 0.2) is 0 Å². The van der Waals surface area contributed by atoms with E-state index in [1.165, 1.54) is 0 Å². The largest absolute Gasteiger partial charge is 0.480 e. The van der Waals surface area contributed by atoms with E-state index < -0.39 is 12.0 Å². The lowest BCUT2D eigenvalue weighted by Crippen LogP contribution is -2.29. The third-order valence-electron chi connectivity index (χ3n) is 0.917. The quantitative estimate of drug-likeness (QED) is 0.586. The Bertz CT molecular complexity index is 141. The summed E-state index contributed by atoms with van der Waals surface area (Å²) in [4.78, 5) is 10.0. The molecule has 0 aliphatic carbocycles. The number of hydrogen-bond acceptors (Lipinski definition) is 2. The van der Waals surface area contributed by atoms with Gasteiger partial charge in [-0.1, -0.05) is 0 Å². The zero-order valence-electron chi connectivity index (χ0n) is 5.41. The molecular formula is C6H10ClNO2. The fraction of sp³-hybridized carbons (Fsp3) is 0.500. The molecule has 58 valence electrons. The molecule has 0 saturated heterocycles. The zero-order valence-corrected chi connectivity index (χ0v) is 6.23. The highest BCUT2D eigenvalue weighted by atomic mass is 35.5. The van der Waals surface area contributed by atoms with Crippen LogP contribution < -0.4 is 5.73 Å². The van der Waals surface area contributed by atoms with Crippen molar-refractivity contribution < 1.29 is 9.90 Å². The number of carbonyl (C=O) groups is 1. The van der Waals surface area contributed by atoms with Crippen LogP contribution in [0, 0.1) is 12.3 Å². The summed E-state index contributed by atoms with van der Waals surface area (Å²) in [5.74, 6) is 1.32. The highest BCUT2D eigenvalue weighted by Crippen LogP contribution is 1.91. The number of nitrogens with two attached hydrogens (primary N) is 1. The Hall–Kier alpha value is -0.720. The van der Waals surface area contributed by atoms with Crippen molar-refractivity contribution in [3.63, 3.8) is 0 Å². The van der Waals surface area contributed by atoms with Gasteiger partial charge in [0.2, 0.25) is 0 Å². The van der Waals surface area contributed by atoms with Crippen LogP contribution in [-0.4, -0.2) is 17.1 Å². The first-order chi connectivity index (χ1) is 4.18. The first-order valence-corrected chi connectivity index (χ1v) is 2.60. The van der Waals surface area contributed by atoms with E-state index in [0.717, 1.165) is 0 Å². The van der Waals surface area contributed by atoms with Gasteiger partial charge in [-0.3, -0.25) is 4.79 Å². The van der Waals surface area contributed by atoms with E-state index in [1.54, 1.807) is 0 Å². The number of terminal acetylenes is 1. The molecule has 0 bridgehead atoms. The van der Waals surface area contributed by atoms with Crippen molar-refractivity contribution in [2.45, 2.75) is 18.9 Å². The van der Waals surface area contributed by atoms with Gasteiger partial charge in [-0.15, -0.1) is 24.8 Å². The Morgan fingerprint density at radius 3 is 2.60 bits per heavy atom. The molecule has 0 heterocycles. The molecule has 3 nitrogen and oxygen atoms in total. The zero-order chi connectivity index (χ0) is 7.28. The Morgan fingerprint density at radius 1 is 1.80 bits per heavy atom.